The second-order valence-corrected chi connectivity index (χ2v) is 5.36. The second-order valence-electron chi connectivity index (χ2n) is 5.36. The number of carbonyl (C=O) groups is 1. The standard InChI is InChI=1S/C18H17N3O2/c1-12-5-3-4-6-15(12)11-17(22)19-16-9-7-14(8-10-16)18-21-20-13(2)23-18/h3-10H,11H2,1-2H3,(H,19,22). The Kier molecular flexibility index (Phi) is 4.19. The lowest BCUT2D eigenvalue weighted by Gasteiger charge is -2.07. The first-order valence-corrected chi connectivity index (χ1v) is 7.37. The van der Waals surface area contributed by atoms with Gasteiger partial charge in [-0.3, -0.25) is 4.79 Å². The molecular weight excluding hydrogens is 290 g/mol. The van der Waals surface area contributed by atoms with Crippen molar-refractivity contribution < 1.29 is 9.21 Å². The highest BCUT2D eigenvalue weighted by Crippen LogP contribution is 2.20. The fraction of sp³-hybridized carbons (Fsp3) is 0.167. The summed E-state index contributed by atoms with van der Waals surface area (Å²) in [6.45, 7) is 3.75. The molecule has 0 atom stereocenters. The molecule has 2 aromatic carbocycles. The van der Waals surface area contributed by atoms with Crippen molar-refractivity contribution in [1.29, 1.82) is 0 Å². The van der Waals surface area contributed by atoms with Crippen molar-refractivity contribution >= 4 is 11.6 Å². The van der Waals surface area contributed by atoms with Gasteiger partial charge in [-0.1, -0.05) is 24.3 Å². The van der Waals surface area contributed by atoms with Crippen molar-refractivity contribution in [2.24, 2.45) is 0 Å². The van der Waals surface area contributed by atoms with Gasteiger partial charge in [0, 0.05) is 18.2 Å². The zero-order valence-electron chi connectivity index (χ0n) is 13.0. The van der Waals surface area contributed by atoms with Crippen LogP contribution in [0.3, 0.4) is 0 Å². The fourth-order valence-corrected chi connectivity index (χ4v) is 2.30. The van der Waals surface area contributed by atoms with Crippen LogP contribution < -0.4 is 5.32 Å². The third-order valence-electron chi connectivity index (χ3n) is 3.55. The Morgan fingerprint density at radius 2 is 1.78 bits per heavy atom. The van der Waals surface area contributed by atoms with Gasteiger partial charge in [-0.2, -0.15) is 0 Å². The first-order chi connectivity index (χ1) is 11.1. The van der Waals surface area contributed by atoms with Gasteiger partial charge in [0.15, 0.2) is 0 Å². The minimum absolute atomic E-state index is 0.0410. The summed E-state index contributed by atoms with van der Waals surface area (Å²) in [6, 6.07) is 15.2. The lowest BCUT2D eigenvalue weighted by molar-refractivity contribution is -0.115. The molecule has 3 aromatic rings. The van der Waals surface area contributed by atoms with Crippen LogP contribution in [-0.4, -0.2) is 16.1 Å². The molecule has 1 aromatic heterocycles. The minimum atomic E-state index is -0.0410. The molecule has 0 radical (unpaired) electrons. The van der Waals surface area contributed by atoms with Crippen LogP contribution in [0.5, 0.6) is 0 Å². The number of carbonyl (C=O) groups excluding carboxylic acids is 1. The van der Waals surface area contributed by atoms with Gasteiger partial charge in [0.2, 0.25) is 17.7 Å². The molecule has 1 heterocycles. The normalized spacial score (nSPS) is 10.5. The second kappa shape index (κ2) is 6.44. The third-order valence-corrected chi connectivity index (χ3v) is 3.55. The number of nitrogens with one attached hydrogen (secondary N) is 1. The Balaban J connectivity index is 1.66. The van der Waals surface area contributed by atoms with Gasteiger partial charge in [-0.25, -0.2) is 0 Å². The van der Waals surface area contributed by atoms with Crippen molar-refractivity contribution in [3.8, 4) is 11.5 Å². The molecule has 0 aliphatic carbocycles. The maximum Gasteiger partial charge on any atom is 0.247 e. The highest BCUT2D eigenvalue weighted by atomic mass is 16.4. The number of benzene rings is 2. The zero-order valence-corrected chi connectivity index (χ0v) is 13.0. The van der Waals surface area contributed by atoms with Crippen LogP contribution in [0.4, 0.5) is 5.69 Å². The van der Waals surface area contributed by atoms with Gasteiger partial charge in [0.05, 0.1) is 6.42 Å². The molecule has 0 saturated carbocycles. The highest BCUT2D eigenvalue weighted by molar-refractivity contribution is 5.92. The Labute approximate surface area is 134 Å². The van der Waals surface area contributed by atoms with E-state index in [1.807, 2.05) is 55.5 Å². The van der Waals surface area contributed by atoms with Gasteiger partial charge in [-0.05, 0) is 42.3 Å². The van der Waals surface area contributed by atoms with Crippen LogP contribution >= 0.6 is 0 Å². The summed E-state index contributed by atoms with van der Waals surface area (Å²) < 4.78 is 5.37. The van der Waals surface area contributed by atoms with Crippen molar-refractivity contribution in [3.05, 3.63) is 65.5 Å². The summed E-state index contributed by atoms with van der Waals surface area (Å²) in [4.78, 5) is 12.1. The smallest absolute Gasteiger partial charge is 0.247 e. The van der Waals surface area contributed by atoms with Crippen LogP contribution in [0.1, 0.15) is 17.0 Å². The number of hydrogen-bond acceptors (Lipinski definition) is 4. The van der Waals surface area contributed by atoms with Crippen molar-refractivity contribution in [2.75, 3.05) is 5.32 Å². The van der Waals surface area contributed by atoms with Crippen molar-refractivity contribution in [1.82, 2.24) is 10.2 Å². The lowest BCUT2D eigenvalue weighted by atomic mass is 10.1. The largest absolute Gasteiger partial charge is 0.421 e. The van der Waals surface area contributed by atoms with Crippen molar-refractivity contribution in [3.63, 3.8) is 0 Å². The minimum Gasteiger partial charge on any atom is -0.421 e. The molecule has 1 amide bonds. The number of amides is 1. The molecule has 1 N–H and O–H groups in total. The SMILES string of the molecule is Cc1nnc(-c2ccc(NC(=O)Cc3ccccc3C)cc2)o1. The molecule has 0 aliphatic heterocycles. The average Bonchev–Trinajstić information content (AvgIpc) is 2.97. The van der Waals surface area contributed by atoms with Crippen LogP contribution in [-0.2, 0) is 11.2 Å². The molecular formula is C18H17N3O2. The molecule has 23 heavy (non-hydrogen) atoms. The Bertz CT molecular complexity index is 822. The van der Waals surface area contributed by atoms with Crippen LogP contribution in [0.15, 0.2) is 52.9 Å². The molecule has 3 rings (SSSR count). The fourth-order valence-electron chi connectivity index (χ4n) is 2.30. The molecule has 0 saturated heterocycles. The first kappa shape index (κ1) is 15.0. The molecule has 0 aliphatic rings. The van der Waals surface area contributed by atoms with Crippen LogP contribution in [0, 0.1) is 13.8 Å². The van der Waals surface area contributed by atoms with E-state index in [0.29, 0.717) is 18.2 Å². The van der Waals surface area contributed by atoms with Crippen LogP contribution in [0.25, 0.3) is 11.5 Å². The van der Waals surface area contributed by atoms with Gasteiger partial charge in [0.25, 0.3) is 0 Å². The quantitative estimate of drug-likeness (QED) is 0.800. The molecule has 0 unspecified atom stereocenters. The lowest BCUT2D eigenvalue weighted by Crippen LogP contribution is -2.14. The molecule has 0 spiro atoms. The van der Waals surface area contributed by atoms with Gasteiger partial charge in [-0.15, -0.1) is 10.2 Å². The van der Waals surface area contributed by atoms with Gasteiger partial charge in [0.1, 0.15) is 0 Å². The molecule has 5 heteroatoms. The summed E-state index contributed by atoms with van der Waals surface area (Å²) in [5.41, 5.74) is 3.71. The number of nitrogens with zero attached hydrogens (tertiary/aromatic N) is 2. The summed E-state index contributed by atoms with van der Waals surface area (Å²) in [6.07, 6.45) is 0.358. The van der Waals surface area contributed by atoms with Gasteiger partial charge >= 0.3 is 0 Å². The number of hydrogen-bond donors (Lipinski definition) is 1. The maximum atomic E-state index is 12.1. The molecule has 0 fully saturated rings. The predicted molar refractivity (Wildman–Crippen MR) is 88.0 cm³/mol. The Morgan fingerprint density at radius 3 is 2.43 bits per heavy atom. The van der Waals surface area contributed by atoms with E-state index in [2.05, 4.69) is 15.5 Å². The number of rotatable bonds is 4. The van der Waals surface area contributed by atoms with E-state index in [4.69, 9.17) is 4.42 Å². The molecule has 116 valence electrons. The third kappa shape index (κ3) is 3.63. The monoisotopic (exact) mass is 307 g/mol. The number of aryl methyl sites for hydroxylation is 2. The van der Waals surface area contributed by atoms with E-state index >= 15 is 0 Å². The zero-order chi connectivity index (χ0) is 16.2. The van der Waals surface area contributed by atoms with E-state index in [9.17, 15) is 4.79 Å². The number of aromatic nitrogens is 2. The maximum absolute atomic E-state index is 12.1. The van der Waals surface area contributed by atoms with Crippen LogP contribution in [0.2, 0.25) is 0 Å². The number of anilines is 1. The Hall–Kier alpha value is -2.95. The molecule has 0 bridgehead atoms. The van der Waals surface area contributed by atoms with Gasteiger partial charge < -0.3 is 9.73 Å². The Morgan fingerprint density at radius 1 is 1.04 bits per heavy atom. The summed E-state index contributed by atoms with van der Waals surface area (Å²) in [7, 11) is 0. The topological polar surface area (TPSA) is 68.0 Å². The highest BCUT2D eigenvalue weighted by Gasteiger charge is 2.08. The first-order valence-electron chi connectivity index (χ1n) is 7.37. The van der Waals surface area contributed by atoms with E-state index in [1.54, 1.807) is 6.92 Å². The average molecular weight is 307 g/mol. The summed E-state index contributed by atoms with van der Waals surface area (Å²) in [5.74, 6) is 0.955. The summed E-state index contributed by atoms with van der Waals surface area (Å²) in [5, 5.41) is 10.7. The predicted octanol–water partition coefficient (Wildman–Crippen LogP) is 3.53. The van der Waals surface area contributed by atoms with E-state index in [-0.39, 0.29) is 5.91 Å². The summed E-state index contributed by atoms with van der Waals surface area (Å²) >= 11 is 0. The van der Waals surface area contributed by atoms with E-state index in [1.165, 1.54) is 0 Å². The molecule has 5 nitrogen and oxygen atoms in total. The van der Waals surface area contributed by atoms with E-state index < -0.39 is 0 Å². The van der Waals surface area contributed by atoms with E-state index in [0.717, 1.165) is 22.4 Å². The van der Waals surface area contributed by atoms with Crippen molar-refractivity contribution in [2.45, 2.75) is 20.3 Å².